The van der Waals surface area contributed by atoms with E-state index in [4.69, 9.17) is 0 Å². The summed E-state index contributed by atoms with van der Waals surface area (Å²) < 4.78 is 3.18. The molecule has 1 aliphatic carbocycles. The molecular weight excluding hydrogens is 278 g/mol. The van der Waals surface area contributed by atoms with Gasteiger partial charge in [-0.3, -0.25) is 4.68 Å². The Balaban J connectivity index is 2.01. The molecule has 2 atom stereocenters. The summed E-state index contributed by atoms with van der Waals surface area (Å²) in [6, 6.07) is 0.682. The van der Waals surface area contributed by atoms with Crippen molar-refractivity contribution in [3.8, 4) is 0 Å². The predicted octanol–water partition coefficient (Wildman–Crippen LogP) is 3.02. The standard InChI is InChI=1S/C13H22BrN3/c1-4-10-13(14)12(17(3)16-10)8-15-11-7-5-6-9(11)2/h9,11,15H,4-8H2,1-3H3. The lowest BCUT2D eigenvalue weighted by atomic mass is 10.1. The second-order valence-corrected chi connectivity index (χ2v) is 5.87. The van der Waals surface area contributed by atoms with Gasteiger partial charge in [-0.05, 0) is 41.1 Å². The van der Waals surface area contributed by atoms with E-state index in [1.54, 1.807) is 0 Å². The second-order valence-electron chi connectivity index (χ2n) is 5.08. The molecule has 0 amide bonds. The molecule has 0 aliphatic heterocycles. The van der Waals surface area contributed by atoms with Gasteiger partial charge >= 0.3 is 0 Å². The van der Waals surface area contributed by atoms with Gasteiger partial charge in [-0.15, -0.1) is 0 Å². The molecule has 0 bridgehead atoms. The highest BCUT2D eigenvalue weighted by Crippen LogP contribution is 2.26. The van der Waals surface area contributed by atoms with Gasteiger partial charge in [0.15, 0.2) is 0 Å². The van der Waals surface area contributed by atoms with Crippen molar-refractivity contribution in [2.45, 2.75) is 52.1 Å². The molecule has 96 valence electrons. The predicted molar refractivity (Wildman–Crippen MR) is 73.9 cm³/mol. The zero-order chi connectivity index (χ0) is 12.4. The van der Waals surface area contributed by atoms with Crippen molar-refractivity contribution in [1.29, 1.82) is 0 Å². The van der Waals surface area contributed by atoms with Crippen LogP contribution in [0.5, 0.6) is 0 Å². The number of hydrogen-bond acceptors (Lipinski definition) is 2. The summed E-state index contributed by atoms with van der Waals surface area (Å²) in [7, 11) is 2.03. The van der Waals surface area contributed by atoms with Gasteiger partial charge in [-0.2, -0.15) is 5.10 Å². The Kier molecular flexibility index (Phi) is 4.26. The van der Waals surface area contributed by atoms with Crippen LogP contribution in [0, 0.1) is 5.92 Å². The number of nitrogens with one attached hydrogen (secondary N) is 1. The van der Waals surface area contributed by atoms with E-state index in [1.807, 2.05) is 11.7 Å². The lowest BCUT2D eigenvalue weighted by Gasteiger charge is -2.17. The Hall–Kier alpha value is -0.350. The second kappa shape index (κ2) is 5.53. The van der Waals surface area contributed by atoms with Crippen molar-refractivity contribution >= 4 is 15.9 Å². The van der Waals surface area contributed by atoms with E-state index in [0.29, 0.717) is 6.04 Å². The first kappa shape index (κ1) is 13.1. The van der Waals surface area contributed by atoms with E-state index in [0.717, 1.165) is 24.6 Å². The number of halogens is 1. The molecule has 1 N–H and O–H groups in total. The third-order valence-corrected chi connectivity index (χ3v) is 4.81. The fraction of sp³-hybridized carbons (Fsp3) is 0.769. The zero-order valence-corrected chi connectivity index (χ0v) is 12.5. The van der Waals surface area contributed by atoms with Gasteiger partial charge in [-0.1, -0.05) is 20.3 Å². The first-order chi connectivity index (χ1) is 8.13. The summed E-state index contributed by atoms with van der Waals surface area (Å²) in [6.45, 7) is 5.41. The van der Waals surface area contributed by atoms with Crippen LogP contribution in [0.25, 0.3) is 0 Å². The highest BCUT2D eigenvalue weighted by molar-refractivity contribution is 9.10. The molecule has 1 fully saturated rings. The summed E-state index contributed by atoms with van der Waals surface area (Å²) in [5, 5.41) is 8.20. The largest absolute Gasteiger partial charge is 0.308 e. The Bertz CT molecular complexity index is 386. The summed E-state index contributed by atoms with van der Waals surface area (Å²) in [4.78, 5) is 0. The molecule has 1 aromatic rings. The molecule has 4 heteroatoms. The molecule has 1 heterocycles. The molecule has 17 heavy (non-hydrogen) atoms. The summed E-state index contributed by atoms with van der Waals surface area (Å²) in [5.74, 6) is 0.813. The minimum atomic E-state index is 0.682. The third-order valence-electron chi connectivity index (χ3n) is 3.90. The van der Waals surface area contributed by atoms with Crippen LogP contribution in [0.3, 0.4) is 0 Å². The van der Waals surface area contributed by atoms with Gasteiger partial charge in [0.25, 0.3) is 0 Å². The average molecular weight is 300 g/mol. The number of nitrogens with zero attached hydrogens (tertiary/aromatic N) is 2. The molecule has 1 saturated carbocycles. The van der Waals surface area contributed by atoms with Crippen molar-refractivity contribution in [2.24, 2.45) is 13.0 Å². The average Bonchev–Trinajstić information content (AvgIpc) is 2.82. The zero-order valence-electron chi connectivity index (χ0n) is 11.0. The lowest BCUT2D eigenvalue weighted by molar-refractivity contribution is 0.419. The minimum absolute atomic E-state index is 0.682. The van der Waals surface area contributed by atoms with E-state index < -0.39 is 0 Å². The first-order valence-electron chi connectivity index (χ1n) is 6.57. The maximum atomic E-state index is 4.52. The first-order valence-corrected chi connectivity index (χ1v) is 7.36. The molecule has 0 radical (unpaired) electrons. The highest BCUT2D eigenvalue weighted by Gasteiger charge is 2.23. The van der Waals surface area contributed by atoms with Gasteiger partial charge in [0.1, 0.15) is 0 Å². The van der Waals surface area contributed by atoms with E-state index >= 15 is 0 Å². The van der Waals surface area contributed by atoms with Crippen LogP contribution < -0.4 is 5.32 Å². The van der Waals surface area contributed by atoms with Crippen molar-refractivity contribution in [3.05, 3.63) is 15.9 Å². The van der Waals surface area contributed by atoms with Crippen molar-refractivity contribution < 1.29 is 0 Å². The van der Waals surface area contributed by atoms with Crippen LogP contribution in [-0.4, -0.2) is 15.8 Å². The summed E-state index contributed by atoms with van der Waals surface area (Å²) in [5.41, 5.74) is 2.42. The smallest absolute Gasteiger partial charge is 0.0767 e. The van der Waals surface area contributed by atoms with Crippen LogP contribution in [0.2, 0.25) is 0 Å². The molecule has 0 saturated heterocycles. The van der Waals surface area contributed by atoms with Crippen LogP contribution >= 0.6 is 15.9 Å². The van der Waals surface area contributed by atoms with Gasteiger partial charge in [0, 0.05) is 19.6 Å². The number of hydrogen-bond donors (Lipinski definition) is 1. The van der Waals surface area contributed by atoms with Crippen LogP contribution in [-0.2, 0) is 20.0 Å². The minimum Gasteiger partial charge on any atom is -0.308 e. The van der Waals surface area contributed by atoms with E-state index in [9.17, 15) is 0 Å². The Morgan fingerprint density at radius 2 is 2.24 bits per heavy atom. The van der Waals surface area contributed by atoms with E-state index in [2.05, 4.69) is 40.2 Å². The van der Waals surface area contributed by atoms with Gasteiger partial charge in [-0.25, -0.2) is 0 Å². The molecule has 0 aromatic carbocycles. The Morgan fingerprint density at radius 3 is 2.76 bits per heavy atom. The maximum absolute atomic E-state index is 4.52. The van der Waals surface area contributed by atoms with Crippen molar-refractivity contribution in [1.82, 2.24) is 15.1 Å². The van der Waals surface area contributed by atoms with Gasteiger partial charge in [0.2, 0.25) is 0 Å². The fourth-order valence-corrected chi connectivity index (χ4v) is 3.44. The summed E-state index contributed by atoms with van der Waals surface area (Å²) >= 11 is 3.66. The van der Waals surface area contributed by atoms with Gasteiger partial charge < -0.3 is 5.32 Å². The Morgan fingerprint density at radius 1 is 1.47 bits per heavy atom. The molecule has 2 rings (SSSR count). The number of rotatable bonds is 4. The summed E-state index contributed by atoms with van der Waals surface area (Å²) in [6.07, 6.45) is 5.03. The van der Waals surface area contributed by atoms with Crippen LogP contribution in [0.1, 0.15) is 44.5 Å². The molecule has 1 aromatic heterocycles. The monoisotopic (exact) mass is 299 g/mol. The quantitative estimate of drug-likeness (QED) is 0.926. The van der Waals surface area contributed by atoms with E-state index in [1.165, 1.54) is 29.4 Å². The molecule has 2 unspecified atom stereocenters. The van der Waals surface area contributed by atoms with Crippen molar-refractivity contribution in [2.75, 3.05) is 0 Å². The van der Waals surface area contributed by atoms with Gasteiger partial charge in [0.05, 0.1) is 15.9 Å². The molecule has 1 aliphatic rings. The van der Waals surface area contributed by atoms with E-state index in [-0.39, 0.29) is 0 Å². The topological polar surface area (TPSA) is 29.9 Å². The Labute approximate surface area is 112 Å². The lowest BCUT2D eigenvalue weighted by Crippen LogP contribution is -2.31. The third kappa shape index (κ3) is 2.74. The SMILES string of the molecule is CCc1nn(C)c(CNC2CCCC2C)c1Br. The van der Waals surface area contributed by atoms with Crippen molar-refractivity contribution in [3.63, 3.8) is 0 Å². The van der Waals surface area contributed by atoms with Crippen LogP contribution in [0.15, 0.2) is 4.47 Å². The molecule has 3 nitrogen and oxygen atoms in total. The van der Waals surface area contributed by atoms with Crippen LogP contribution in [0.4, 0.5) is 0 Å². The number of aryl methyl sites for hydroxylation is 2. The number of aromatic nitrogens is 2. The fourth-order valence-electron chi connectivity index (χ4n) is 2.69. The molecule has 0 spiro atoms. The molecular formula is C13H22BrN3. The maximum Gasteiger partial charge on any atom is 0.0767 e. The normalized spacial score (nSPS) is 24.5. The highest BCUT2D eigenvalue weighted by atomic mass is 79.9.